The summed E-state index contributed by atoms with van der Waals surface area (Å²) in [6.45, 7) is 5.58. The van der Waals surface area contributed by atoms with Crippen molar-refractivity contribution in [2.24, 2.45) is 5.92 Å². The van der Waals surface area contributed by atoms with E-state index in [4.69, 9.17) is 9.47 Å². The zero-order chi connectivity index (χ0) is 16.3. The fourth-order valence-corrected chi connectivity index (χ4v) is 2.83. The maximum absolute atomic E-state index is 11.9. The Morgan fingerprint density at radius 3 is 2.59 bits per heavy atom. The number of aryl methyl sites for hydroxylation is 1. The number of esters is 2. The number of benzene rings is 1. The van der Waals surface area contributed by atoms with Crippen LogP contribution in [-0.2, 0) is 38.3 Å². The second-order valence-corrected chi connectivity index (χ2v) is 6.83. The van der Waals surface area contributed by atoms with E-state index in [0.717, 1.165) is 24.0 Å². The Balaban J connectivity index is 2.08. The molecule has 0 saturated heterocycles. The molecule has 0 saturated carbocycles. The van der Waals surface area contributed by atoms with Crippen molar-refractivity contribution in [3.8, 4) is 0 Å². The number of hydrogen-bond donors (Lipinski definition) is 0. The highest BCUT2D eigenvalue weighted by molar-refractivity contribution is 5.74. The van der Waals surface area contributed by atoms with Crippen molar-refractivity contribution in [1.82, 2.24) is 0 Å². The SMILES string of the molecule is COC(=O)C1CCc2ccc(CC(=O)OC(C)(C)C)cc2C1. The van der Waals surface area contributed by atoms with Crippen molar-refractivity contribution < 1.29 is 19.1 Å². The van der Waals surface area contributed by atoms with Crippen LogP contribution in [0.2, 0.25) is 0 Å². The highest BCUT2D eigenvalue weighted by atomic mass is 16.6. The molecule has 4 heteroatoms. The van der Waals surface area contributed by atoms with Gasteiger partial charge in [-0.3, -0.25) is 9.59 Å². The van der Waals surface area contributed by atoms with Crippen LogP contribution in [0.15, 0.2) is 18.2 Å². The normalized spacial score (nSPS) is 17.5. The van der Waals surface area contributed by atoms with Gasteiger partial charge in [0.15, 0.2) is 0 Å². The molecule has 1 atom stereocenters. The van der Waals surface area contributed by atoms with Crippen LogP contribution in [0, 0.1) is 5.92 Å². The Hall–Kier alpha value is -1.84. The van der Waals surface area contributed by atoms with Crippen molar-refractivity contribution in [3.63, 3.8) is 0 Å². The Labute approximate surface area is 131 Å². The van der Waals surface area contributed by atoms with Gasteiger partial charge in [0, 0.05) is 0 Å². The minimum absolute atomic E-state index is 0.0747. The van der Waals surface area contributed by atoms with Gasteiger partial charge in [-0.1, -0.05) is 18.2 Å². The van der Waals surface area contributed by atoms with Crippen LogP contribution in [0.5, 0.6) is 0 Å². The van der Waals surface area contributed by atoms with Gasteiger partial charge in [0.1, 0.15) is 5.60 Å². The highest BCUT2D eigenvalue weighted by Gasteiger charge is 2.25. The molecule has 2 rings (SSSR count). The molecule has 0 bridgehead atoms. The molecular formula is C18H24O4. The fourth-order valence-electron chi connectivity index (χ4n) is 2.83. The third-order valence-corrected chi connectivity index (χ3v) is 3.80. The van der Waals surface area contributed by atoms with E-state index < -0.39 is 5.60 Å². The molecule has 4 nitrogen and oxygen atoms in total. The summed E-state index contributed by atoms with van der Waals surface area (Å²) in [6, 6.07) is 6.05. The van der Waals surface area contributed by atoms with E-state index in [2.05, 4.69) is 6.07 Å². The van der Waals surface area contributed by atoms with Crippen molar-refractivity contribution in [3.05, 3.63) is 34.9 Å². The number of hydrogen-bond acceptors (Lipinski definition) is 4. The van der Waals surface area contributed by atoms with Gasteiger partial charge >= 0.3 is 11.9 Å². The van der Waals surface area contributed by atoms with Crippen LogP contribution in [0.4, 0.5) is 0 Å². The van der Waals surface area contributed by atoms with E-state index in [1.54, 1.807) is 0 Å². The molecule has 22 heavy (non-hydrogen) atoms. The predicted molar refractivity (Wildman–Crippen MR) is 83.5 cm³/mol. The molecule has 0 amide bonds. The molecule has 0 fully saturated rings. The van der Waals surface area contributed by atoms with Gasteiger partial charge in [-0.15, -0.1) is 0 Å². The maximum Gasteiger partial charge on any atom is 0.310 e. The molecule has 120 valence electrons. The number of methoxy groups -OCH3 is 1. The topological polar surface area (TPSA) is 52.6 Å². The summed E-state index contributed by atoms with van der Waals surface area (Å²) < 4.78 is 10.2. The van der Waals surface area contributed by atoms with E-state index in [9.17, 15) is 9.59 Å². The highest BCUT2D eigenvalue weighted by Crippen LogP contribution is 2.27. The van der Waals surface area contributed by atoms with Gasteiger partial charge in [0.2, 0.25) is 0 Å². The molecular weight excluding hydrogens is 280 g/mol. The number of rotatable bonds is 3. The molecule has 1 aliphatic rings. The zero-order valence-electron chi connectivity index (χ0n) is 13.8. The number of carbonyl (C=O) groups is 2. The second-order valence-electron chi connectivity index (χ2n) is 6.83. The first-order valence-electron chi connectivity index (χ1n) is 7.69. The van der Waals surface area contributed by atoms with E-state index in [1.807, 2.05) is 32.9 Å². The fraction of sp³-hybridized carbons (Fsp3) is 0.556. The van der Waals surface area contributed by atoms with Gasteiger partial charge < -0.3 is 9.47 Å². The van der Waals surface area contributed by atoms with E-state index in [0.29, 0.717) is 6.42 Å². The van der Waals surface area contributed by atoms with Crippen LogP contribution in [0.3, 0.4) is 0 Å². The molecule has 0 aliphatic heterocycles. The molecule has 0 heterocycles. The summed E-state index contributed by atoms with van der Waals surface area (Å²) in [7, 11) is 1.43. The smallest absolute Gasteiger partial charge is 0.310 e. The quantitative estimate of drug-likeness (QED) is 0.806. The van der Waals surface area contributed by atoms with Gasteiger partial charge in [0.05, 0.1) is 19.4 Å². The third-order valence-electron chi connectivity index (χ3n) is 3.80. The first-order chi connectivity index (χ1) is 10.3. The van der Waals surface area contributed by atoms with Gasteiger partial charge in [-0.2, -0.15) is 0 Å². The van der Waals surface area contributed by atoms with Crippen molar-refractivity contribution >= 4 is 11.9 Å². The minimum Gasteiger partial charge on any atom is -0.469 e. The summed E-state index contributed by atoms with van der Waals surface area (Å²) in [5.41, 5.74) is 2.86. The summed E-state index contributed by atoms with van der Waals surface area (Å²) >= 11 is 0. The Morgan fingerprint density at radius 1 is 1.23 bits per heavy atom. The second kappa shape index (κ2) is 6.51. The lowest BCUT2D eigenvalue weighted by Crippen LogP contribution is -2.25. The Kier molecular flexibility index (Phi) is 4.89. The average molecular weight is 304 g/mol. The lowest BCUT2D eigenvalue weighted by atomic mass is 9.83. The maximum atomic E-state index is 11.9. The molecule has 0 radical (unpaired) electrons. The van der Waals surface area contributed by atoms with E-state index in [-0.39, 0.29) is 24.3 Å². The van der Waals surface area contributed by atoms with Crippen LogP contribution >= 0.6 is 0 Å². The van der Waals surface area contributed by atoms with Crippen molar-refractivity contribution in [2.45, 2.75) is 52.1 Å². The zero-order valence-corrected chi connectivity index (χ0v) is 13.8. The van der Waals surface area contributed by atoms with Crippen LogP contribution in [-0.4, -0.2) is 24.6 Å². The molecule has 0 N–H and O–H groups in total. The lowest BCUT2D eigenvalue weighted by molar-refractivity contribution is -0.154. The third kappa shape index (κ3) is 4.33. The van der Waals surface area contributed by atoms with E-state index >= 15 is 0 Å². The van der Waals surface area contributed by atoms with Gasteiger partial charge in [-0.05, 0) is 56.7 Å². The standard InChI is InChI=1S/C18H24O4/c1-18(2,3)22-16(19)10-12-5-6-13-7-8-14(17(20)21-4)11-15(13)9-12/h5-6,9,14H,7-8,10-11H2,1-4H3. The minimum atomic E-state index is -0.471. The van der Waals surface area contributed by atoms with Crippen LogP contribution < -0.4 is 0 Å². The Morgan fingerprint density at radius 2 is 1.95 bits per heavy atom. The lowest BCUT2D eigenvalue weighted by Gasteiger charge is -2.23. The Bertz CT molecular complexity index is 569. The predicted octanol–water partition coefficient (Wildman–Crippen LogP) is 2.85. The van der Waals surface area contributed by atoms with Crippen LogP contribution in [0.1, 0.15) is 43.9 Å². The van der Waals surface area contributed by atoms with E-state index in [1.165, 1.54) is 12.7 Å². The molecule has 1 aliphatic carbocycles. The molecule has 1 unspecified atom stereocenters. The van der Waals surface area contributed by atoms with Crippen molar-refractivity contribution in [2.75, 3.05) is 7.11 Å². The first kappa shape index (κ1) is 16.5. The number of ether oxygens (including phenoxy) is 2. The monoisotopic (exact) mass is 304 g/mol. The molecule has 0 spiro atoms. The summed E-state index contributed by atoms with van der Waals surface area (Å²) in [4.78, 5) is 23.6. The largest absolute Gasteiger partial charge is 0.469 e. The summed E-state index contributed by atoms with van der Waals surface area (Å²) in [6.07, 6.45) is 2.64. The molecule has 1 aromatic rings. The van der Waals surface area contributed by atoms with Crippen LogP contribution in [0.25, 0.3) is 0 Å². The average Bonchev–Trinajstić information content (AvgIpc) is 2.43. The van der Waals surface area contributed by atoms with Gasteiger partial charge in [-0.25, -0.2) is 0 Å². The molecule has 0 aromatic heterocycles. The van der Waals surface area contributed by atoms with Crippen molar-refractivity contribution in [1.29, 1.82) is 0 Å². The summed E-state index contributed by atoms with van der Waals surface area (Å²) in [5.74, 6) is -0.453. The number of fused-ring (bicyclic) bond motifs is 1. The number of carbonyl (C=O) groups excluding carboxylic acids is 2. The first-order valence-corrected chi connectivity index (χ1v) is 7.69. The summed E-state index contributed by atoms with van der Waals surface area (Å²) in [5, 5.41) is 0. The molecule has 1 aromatic carbocycles. The van der Waals surface area contributed by atoms with Gasteiger partial charge in [0.25, 0.3) is 0 Å².